The Balaban J connectivity index is 1.72. The highest BCUT2D eigenvalue weighted by Gasteiger charge is 2.62. The van der Waals surface area contributed by atoms with E-state index in [2.05, 4.69) is 21.5 Å². The number of aliphatic carboxylic acids is 1. The Hall–Kier alpha value is -2.90. The van der Waals surface area contributed by atoms with Gasteiger partial charge in [0.15, 0.2) is 0 Å². The Bertz CT molecular complexity index is 847. The van der Waals surface area contributed by atoms with Crippen LogP contribution in [0.5, 0.6) is 0 Å². The number of fused-ring (bicyclic) bond motifs is 2. The van der Waals surface area contributed by atoms with Gasteiger partial charge >= 0.3 is 5.97 Å². The van der Waals surface area contributed by atoms with Crippen LogP contribution in [0.3, 0.4) is 0 Å². The van der Waals surface area contributed by atoms with Gasteiger partial charge < -0.3 is 19.9 Å². The Kier molecular flexibility index (Phi) is 3.09. The van der Waals surface area contributed by atoms with Crippen molar-refractivity contribution in [2.24, 2.45) is 11.3 Å². The molecule has 2 N–H and O–H groups in total. The highest BCUT2D eigenvalue weighted by molar-refractivity contribution is 5.95. The molecule has 0 bridgehead atoms. The number of H-pyrrole nitrogens is 1. The molecule has 4 rings (SSSR count). The lowest BCUT2D eigenvalue weighted by Gasteiger charge is -2.25. The van der Waals surface area contributed by atoms with E-state index in [9.17, 15) is 14.7 Å². The average molecular weight is 327 g/mol. The molecule has 4 heterocycles. The van der Waals surface area contributed by atoms with Crippen LogP contribution < -0.4 is 4.90 Å². The second-order valence-corrected chi connectivity index (χ2v) is 6.34. The number of nitrogens with one attached hydrogen (secondary N) is 1. The van der Waals surface area contributed by atoms with E-state index in [1.54, 1.807) is 17.2 Å². The highest BCUT2D eigenvalue weighted by Crippen LogP contribution is 2.45. The van der Waals surface area contributed by atoms with Crippen LogP contribution in [-0.2, 0) is 9.59 Å². The number of carboxylic acid groups (broad SMARTS) is 1. The molecule has 2 saturated heterocycles. The van der Waals surface area contributed by atoms with Gasteiger partial charge in [-0.2, -0.15) is 0 Å². The summed E-state index contributed by atoms with van der Waals surface area (Å²) in [7, 11) is 0. The highest BCUT2D eigenvalue weighted by atomic mass is 16.4. The minimum atomic E-state index is -1.10. The van der Waals surface area contributed by atoms with Crippen LogP contribution in [0, 0.1) is 11.3 Å². The molecule has 2 atom stereocenters. The zero-order valence-electron chi connectivity index (χ0n) is 13.0. The smallest absolute Gasteiger partial charge is 0.314 e. The molecule has 0 aromatic carbocycles. The molecule has 124 valence electrons. The van der Waals surface area contributed by atoms with Crippen molar-refractivity contribution in [2.75, 3.05) is 31.1 Å². The first-order valence-corrected chi connectivity index (χ1v) is 7.73. The van der Waals surface area contributed by atoms with Gasteiger partial charge in [0.05, 0.1) is 11.3 Å². The van der Waals surface area contributed by atoms with Crippen LogP contribution in [0.4, 0.5) is 5.82 Å². The largest absolute Gasteiger partial charge is 0.481 e. The van der Waals surface area contributed by atoms with E-state index in [4.69, 9.17) is 0 Å². The van der Waals surface area contributed by atoms with Crippen molar-refractivity contribution in [1.82, 2.24) is 19.9 Å². The lowest BCUT2D eigenvalue weighted by molar-refractivity contribution is -0.149. The number of hydrogen-bond donors (Lipinski definition) is 2. The number of hydrogen-bond acceptors (Lipinski definition) is 5. The number of nitrogens with zero attached hydrogens (tertiary/aromatic N) is 4. The predicted octanol–water partition coefficient (Wildman–Crippen LogP) is 0.493. The summed E-state index contributed by atoms with van der Waals surface area (Å²) in [6, 6.07) is 1.86. The standard InChI is InChI=1S/C16H17N5O3/c1-2-5-20-7-16(15(23)24)8-21(6-11(16)14(20)22)13-10-3-4-17-12(10)18-9-19-13/h2-4,9,11H,1,5-8H2,(H,23,24)(H,17,18,19)/t11-,16+/m1/s1. The molecule has 0 radical (unpaired) electrons. The van der Waals surface area contributed by atoms with Crippen molar-refractivity contribution in [3.05, 3.63) is 31.2 Å². The minimum absolute atomic E-state index is 0.126. The van der Waals surface area contributed by atoms with E-state index in [0.717, 1.165) is 5.39 Å². The fourth-order valence-corrected chi connectivity index (χ4v) is 3.89. The van der Waals surface area contributed by atoms with Crippen molar-refractivity contribution < 1.29 is 14.7 Å². The van der Waals surface area contributed by atoms with Crippen LogP contribution in [0.15, 0.2) is 31.2 Å². The molecule has 8 heteroatoms. The summed E-state index contributed by atoms with van der Waals surface area (Å²) in [6.45, 7) is 4.81. The molecular formula is C16H17N5O3. The van der Waals surface area contributed by atoms with E-state index >= 15 is 0 Å². The maximum absolute atomic E-state index is 12.6. The van der Waals surface area contributed by atoms with Crippen LogP contribution >= 0.6 is 0 Å². The molecule has 2 aliphatic rings. The molecule has 8 nitrogen and oxygen atoms in total. The molecule has 2 aromatic rings. The first-order chi connectivity index (χ1) is 11.6. The molecule has 2 aromatic heterocycles. The molecule has 24 heavy (non-hydrogen) atoms. The van der Waals surface area contributed by atoms with E-state index in [0.29, 0.717) is 24.6 Å². The van der Waals surface area contributed by atoms with Crippen molar-refractivity contribution >= 4 is 28.7 Å². The third-order valence-corrected chi connectivity index (χ3v) is 5.03. The maximum Gasteiger partial charge on any atom is 0.314 e. The number of likely N-dealkylation sites (tertiary alicyclic amines) is 1. The van der Waals surface area contributed by atoms with Crippen molar-refractivity contribution in [3.8, 4) is 0 Å². The topological polar surface area (TPSA) is 102 Å². The molecule has 0 spiro atoms. The molecule has 2 aliphatic heterocycles. The summed E-state index contributed by atoms with van der Waals surface area (Å²) in [5.74, 6) is -0.966. The first-order valence-electron chi connectivity index (χ1n) is 7.73. The fraction of sp³-hybridized carbons (Fsp3) is 0.375. The first kappa shape index (κ1) is 14.7. The summed E-state index contributed by atoms with van der Waals surface area (Å²) in [5.41, 5.74) is -0.408. The van der Waals surface area contributed by atoms with Crippen LogP contribution in [0.2, 0.25) is 0 Å². The molecule has 0 unspecified atom stereocenters. The van der Waals surface area contributed by atoms with Gasteiger partial charge in [0.2, 0.25) is 5.91 Å². The van der Waals surface area contributed by atoms with Crippen LogP contribution in [0.1, 0.15) is 0 Å². The van der Waals surface area contributed by atoms with E-state index < -0.39 is 17.3 Å². The number of anilines is 1. The Morgan fingerprint density at radius 1 is 1.50 bits per heavy atom. The molecular weight excluding hydrogens is 310 g/mol. The molecule has 2 fully saturated rings. The number of aromatic amines is 1. The second kappa shape index (κ2) is 5.05. The quantitative estimate of drug-likeness (QED) is 0.793. The molecule has 1 amide bonds. The molecule has 0 aliphatic carbocycles. The van der Waals surface area contributed by atoms with Gasteiger partial charge in [-0.25, -0.2) is 9.97 Å². The Morgan fingerprint density at radius 3 is 3.04 bits per heavy atom. The number of carbonyl (C=O) groups excluding carboxylic acids is 1. The monoisotopic (exact) mass is 327 g/mol. The number of amides is 1. The van der Waals surface area contributed by atoms with Crippen LogP contribution in [0.25, 0.3) is 11.0 Å². The Morgan fingerprint density at radius 2 is 2.33 bits per heavy atom. The van der Waals surface area contributed by atoms with Crippen molar-refractivity contribution in [2.45, 2.75) is 0 Å². The number of aromatic nitrogens is 3. The third kappa shape index (κ3) is 1.85. The minimum Gasteiger partial charge on any atom is -0.481 e. The average Bonchev–Trinajstić information content (AvgIpc) is 3.23. The molecule has 0 saturated carbocycles. The van der Waals surface area contributed by atoms with Gasteiger partial charge in [-0.05, 0) is 6.07 Å². The van der Waals surface area contributed by atoms with Gasteiger partial charge in [-0.15, -0.1) is 6.58 Å². The van der Waals surface area contributed by atoms with Crippen LogP contribution in [-0.4, -0.2) is 63.0 Å². The van der Waals surface area contributed by atoms with Gasteiger partial charge in [-0.1, -0.05) is 6.08 Å². The predicted molar refractivity (Wildman–Crippen MR) is 86.4 cm³/mol. The summed E-state index contributed by atoms with van der Waals surface area (Å²) in [6.07, 6.45) is 4.84. The van der Waals surface area contributed by atoms with E-state index in [1.165, 1.54) is 6.33 Å². The van der Waals surface area contributed by atoms with E-state index in [1.807, 2.05) is 11.0 Å². The maximum atomic E-state index is 12.6. The lowest BCUT2D eigenvalue weighted by atomic mass is 9.81. The summed E-state index contributed by atoms with van der Waals surface area (Å²) in [5, 5.41) is 10.7. The third-order valence-electron chi connectivity index (χ3n) is 5.03. The summed E-state index contributed by atoms with van der Waals surface area (Å²) < 4.78 is 0. The number of rotatable bonds is 4. The summed E-state index contributed by atoms with van der Waals surface area (Å²) >= 11 is 0. The number of carbonyl (C=O) groups is 2. The SMILES string of the molecule is C=CCN1C[C@]2(C(=O)O)CN(c3ncnc4[nH]ccc34)C[C@@H]2C1=O. The van der Waals surface area contributed by atoms with Crippen molar-refractivity contribution in [1.29, 1.82) is 0 Å². The fourth-order valence-electron chi connectivity index (χ4n) is 3.89. The van der Waals surface area contributed by atoms with Gasteiger partial charge in [-0.3, -0.25) is 9.59 Å². The lowest BCUT2D eigenvalue weighted by Crippen LogP contribution is -2.41. The second-order valence-electron chi connectivity index (χ2n) is 6.34. The van der Waals surface area contributed by atoms with Gasteiger partial charge in [0.1, 0.15) is 23.2 Å². The normalized spacial score (nSPS) is 26.2. The van der Waals surface area contributed by atoms with Crippen molar-refractivity contribution in [3.63, 3.8) is 0 Å². The summed E-state index contributed by atoms with van der Waals surface area (Å²) in [4.78, 5) is 39.6. The zero-order valence-corrected chi connectivity index (χ0v) is 13.0. The Labute approximate surface area is 137 Å². The van der Waals surface area contributed by atoms with Gasteiger partial charge in [0, 0.05) is 32.4 Å². The number of carboxylic acids is 1. The van der Waals surface area contributed by atoms with E-state index in [-0.39, 0.29) is 19.0 Å². The van der Waals surface area contributed by atoms with Gasteiger partial charge in [0.25, 0.3) is 0 Å². The zero-order chi connectivity index (χ0) is 16.9.